The predicted octanol–water partition coefficient (Wildman–Crippen LogP) is 4.06. The highest BCUT2D eigenvalue weighted by atomic mass is 15.1. The van der Waals surface area contributed by atoms with Gasteiger partial charge in [-0.1, -0.05) is 48.3 Å². The van der Waals surface area contributed by atoms with Gasteiger partial charge in [-0.25, -0.2) is 0 Å². The first-order valence-corrected chi connectivity index (χ1v) is 6.32. The summed E-state index contributed by atoms with van der Waals surface area (Å²) >= 11 is 0. The molecular formula is C15H17N3. The van der Waals surface area contributed by atoms with Crippen LogP contribution in [-0.4, -0.2) is 6.54 Å². The van der Waals surface area contributed by atoms with Crippen molar-refractivity contribution in [1.29, 1.82) is 0 Å². The van der Waals surface area contributed by atoms with Gasteiger partial charge in [0.1, 0.15) is 0 Å². The van der Waals surface area contributed by atoms with Crippen LogP contribution in [0.25, 0.3) is 10.4 Å². The van der Waals surface area contributed by atoms with Crippen LogP contribution in [0.4, 0.5) is 0 Å². The van der Waals surface area contributed by atoms with Crippen LogP contribution in [0.15, 0.2) is 35.4 Å². The van der Waals surface area contributed by atoms with Gasteiger partial charge >= 0.3 is 0 Å². The van der Waals surface area contributed by atoms with E-state index in [1.807, 2.05) is 6.07 Å². The minimum atomic E-state index is 0.249. The number of nitrogens with zero attached hydrogens (tertiary/aromatic N) is 3. The van der Waals surface area contributed by atoms with Gasteiger partial charge in [0, 0.05) is 29.2 Å². The molecule has 0 N–H and O–H groups in total. The van der Waals surface area contributed by atoms with Crippen LogP contribution in [0.3, 0.4) is 0 Å². The van der Waals surface area contributed by atoms with Crippen molar-refractivity contribution < 1.29 is 0 Å². The van der Waals surface area contributed by atoms with Gasteiger partial charge in [0.25, 0.3) is 0 Å². The standard InChI is InChI=1S/C15H17N3/c1-15(13-8-4-2-5-9-13)12-14(15)10-6-3-7-11-17-18-16/h2,4-5,8-9,14H,3,7,11-12H2,1H3/t14-,15+/m0/s1. The first-order valence-electron chi connectivity index (χ1n) is 6.32. The van der Waals surface area contributed by atoms with Crippen molar-refractivity contribution in [3.05, 3.63) is 46.3 Å². The lowest BCUT2D eigenvalue weighted by atomic mass is 9.96. The van der Waals surface area contributed by atoms with Gasteiger partial charge in [0.2, 0.25) is 0 Å². The Hall–Kier alpha value is -1.91. The molecule has 0 unspecified atom stereocenters. The van der Waals surface area contributed by atoms with Crippen LogP contribution in [0.1, 0.15) is 31.7 Å². The summed E-state index contributed by atoms with van der Waals surface area (Å²) in [5, 5.41) is 3.49. The molecule has 0 heterocycles. The van der Waals surface area contributed by atoms with Crippen molar-refractivity contribution in [2.24, 2.45) is 11.0 Å². The zero-order chi connectivity index (χ0) is 12.8. The molecule has 0 saturated heterocycles. The van der Waals surface area contributed by atoms with Crippen LogP contribution in [0.2, 0.25) is 0 Å². The second-order valence-corrected chi connectivity index (χ2v) is 4.92. The van der Waals surface area contributed by atoms with E-state index >= 15 is 0 Å². The van der Waals surface area contributed by atoms with E-state index in [9.17, 15) is 0 Å². The molecule has 1 fully saturated rings. The Bertz CT molecular complexity index is 506. The molecule has 2 atom stereocenters. The van der Waals surface area contributed by atoms with Crippen LogP contribution < -0.4 is 0 Å². The van der Waals surface area contributed by atoms with Gasteiger partial charge in [0.05, 0.1) is 0 Å². The van der Waals surface area contributed by atoms with Crippen molar-refractivity contribution in [1.82, 2.24) is 0 Å². The lowest BCUT2D eigenvalue weighted by molar-refractivity contribution is 0.745. The predicted molar refractivity (Wildman–Crippen MR) is 72.9 cm³/mol. The maximum atomic E-state index is 8.14. The molecule has 0 aromatic heterocycles. The fourth-order valence-electron chi connectivity index (χ4n) is 2.19. The average molecular weight is 239 g/mol. The van der Waals surface area contributed by atoms with Crippen LogP contribution in [-0.2, 0) is 5.41 Å². The van der Waals surface area contributed by atoms with Gasteiger partial charge in [-0.2, -0.15) is 0 Å². The number of azide groups is 1. The Morgan fingerprint density at radius 3 is 2.94 bits per heavy atom. The fraction of sp³-hybridized carbons (Fsp3) is 0.467. The summed E-state index contributed by atoms with van der Waals surface area (Å²) < 4.78 is 0. The summed E-state index contributed by atoms with van der Waals surface area (Å²) in [6.07, 6.45) is 2.83. The van der Waals surface area contributed by atoms with Crippen molar-refractivity contribution in [3.63, 3.8) is 0 Å². The monoisotopic (exact) mass is 239 g/mol. The lowest BCUT2D eigenvalue weighted by Crippen LogP contribution is -2.02. The zero-order valence-corrected chi connectivity index (χ0v) is 10.6. The number of unbranched alkanes of at least 4 members (excludes halogenated alkanes) is 1. The normalized spacial score (nSPS) is 24.6. The van der Waals surface area contributed by atoms with Gasteiger partial charge < -0.3 is 0 Å². The third-order valence-corrected chi connectivity index (χ3v) is 3.57. The molecule has 1 aliphatic rings. The number of benzene rings is 1. The first kappa shape index (κ1) is 12.5. The summed E-state index contributed by atoms with van der Waals surface area (Å²) in [5.74, 6) is 7.02. The van der Waals surface area contributed by atoms with E-state index in [1.165, 1.54) is 5.56 Å². The van der Waals surface area contributed by atoms with E-state index in [2.05, 4.69) is 53.1 Å². The molecule has 1 saturated carbocycles. The van der Waals surface area contributed by atoms with Crippen molar-refractivity contribution in [3.8, 4) is 11.8 Å². The zero-order valence-electron chi connectivity index (χ0n) is 10.6. The molecule has 0 bridgehead atoms. The largest absolute Gasteiger partial charge is 0.103 e. The Morgan fingerprint density at radius 2 is 2.22 bits per heavy atom. The van der Waals surface area contributed by atoms with Crippen LogP contribution in [0, 0.1) is 17.8 Å². The van der Waals surface area contributed by atoms with E-state index in [0.717, 1.165) is 19.3 Å². The second-order valence-electron chi connectivity index (χ2n) is 4.92. The van der Waals surface area contributed by atoms with Gasteiger partial charge in [-0.05, 0) is 23.9 Å². The molecular weight excluding hydrogens is 222 g/mol. The highest BCUT2D eigenvalue weighted by molar-refractivity contribution is 5.37. The summed E-state index contributed by atoms with van der Waals surface area (Å²) in [7, 11) is 0. The minimum Gasteiger partial charge on any atom is -0.103 e. The molecule has 1 aromatic rings. The number of hydrogen-bond donors (Lipinski definition) is 0. The topological polar surface area (TPSA) is 48.8 Å². The van der Waals surface area contributed by atoms with E-state index < -0.39 is 0 Å². The molecule has 0 amide bonds. The Morgan fingerprint density at radius 1 is 1.44 bits per heavy atom. The third-order valence-electron chi connectivity index (χ3n) is 3.57. The SMILES string of the molecule is C[C@]1(c2ccccc2)C[C@@H]1C#CCCCN=[N+]=[N-]. The first-order chi connectivity index (χ1) is 8.77. The Kier molecular flexibility index (Phi) is 3.92. The summed E-state index contributed by atoms with van der Waals surface area (Å²) in [6.45, 7) is 2.83. The van der Waals surface area contributed by atoms with Gasteiger partial charge in [-0.15, -0.1) is 5.92 Å². The van der Waals surface area contributed by atoms with Crippen molar-refractivity contribution in [2.45, 2.75) is 31.6 Å². The minimum absolute atomic E-state index is 0.249. The molecule has 0 aliphatic heterocycles. The maximum Gasteiger partial charge on any atom is 0.0306 e. The smallest absolute Gasteiger partial charge is 0.0306 e. The fourth-order valence-corrected chi connectivity index (χ4v) is 2.19. The molecule has 92 valence electrons. The van der Waals surface area contributed by atoms with E-state index in [-0.39, 0.29) is 5.41 Å². The van der Waals surface area contributed by atoms with Gasteiger partial charge in [0.15, 0.2) is 0 Å². The molecule has 1 aliphatic carbocycles. The van der Waals surface area contributed by atoms with Crippen LogP contribution in [0.5, 0.6) is 0 Å². The number of hydrogen-bond acceptors (Lipinski definition) is 1. The van der Waals surface area contributed by atoms with E-state index in [4.69, 9.17) is 5.53 Å². The summed E-state index contributed by atoms with van der Waals surface area (Å²) in [4.78, 5) is 2.72. The Balaban J connectivity index is 1.84. The number of rotatable bonds is 4. The second kappa shape index (κ2) is 5.62. The van der Waals surface area contributed by atoms with E-state index in [0.29, 0.717) is 12.5 Å². The van der Waals surface area contributed by atoms with Crippen molar-refractivity contribution >= 4 is 0 Å². The molecule has 0 radical (unpaired) electrons. The molecule has 1 aromatic carbocycles. The Labute approximate surface area is 108 Å². The molecule has 18 heavy (non-hydrogen) atoms. The quantitative estimate of drug-likeness (QED) is 0.250. The summed E-state index contributed by atoms with van der Waals surface area (Å²) in [6, 6.07) is 10.6. The average Bonchev–Trinajstić information content (AvgIpc) is 3.07. The maximum absolute atomic E-state index is 8.14. The lowest BCUT2D eigenvalue weighted by Gasteiger charge is -2.08. The van der Waals surface area contributed by atoms with Gasteiger partial charge in [-0.3, -0.25) is 0 Å². The van der Waals surface area contributed by atoms with Crippen molar-refractivity contribution in [2.75, 3.05) is 6.54 Å². The molecule has 3 nitrogen and oxygen atoms in total. The van der Waals surface area contributed by atoms with E-state index in [1.54, 1.807) is 0 Å². The highest BCUT2D eigenvalue weighted by Crippen LogP contribution is 2.53. The molecule has 0 spiro atoms. The highest BCUT2D eigenvalue weighted by Gasteiger charge is 2.50. The third kappa shape index (κ3) is 2.85. The molecule has 2 rings (SSSR count). The van der Waals surface area contributed by atoms with Crippen LogP contribution >= 0.6 is 0 Å². The summed E-state index contributed by atoms with van der Waals surface area (Å²) in [5.41, 5.74) is 9.77. The molecule has 3 heteroatoms.